The van der Waals surface area contributed by atoms with Crippen LogP contribution in [0, 0.1) is 0 Å². The van der Waals surface area contributed by atoms with Crippen molar-refractivity contribution in [3.05, 3.63) is 23.8 Å². The number of rotatable bonds is 6. The highest BCUT2D eigenvalue weighted by Crippen LogP contribution is 2.22. The predicted octanol–water partition coefficient (Wildman–Crippen LogP) is 1.62. The fraction of sp³-hybridized carbons (Fsp3) is 0.533. The first-order chi connectivity index (χ1) is 9.33. The van der Waals surface area contributed by atoms with Gasteiger partial charge in [0, 0.05) is 32.0 Å². The molecule has 0 saturated carbocycles. The van der Waals surface area contributed by atoms with E-state index in [1.165, 1.54) is 0 Å². The summed E-state index contributed by atoms with van der Waals surface area (Å²) in [5.41, 5.74) is 6.76. The standard InChI is InChI=1S/C15H25N3O2/c1-5-15(20,6-2)10-17-14(19)12-9-11(16)7-8-13(12)18(3)4/h7-9,20H,5-6,10,16H2,1-4H3,(H,17,19). The number of nitrogens with zero attached hydrogens (tertiary/aromatic N) is 1. The van der Waals surface area contributed by atoms with Crippen LogP contribution in [0.4, 0.5) is 11.4 Å². The van der Waals surface area contributed by atoms with Crippen molar-refractivity contribution in [1.29, 1.82) is 0 Å². The molecule has 4 N–H and O–H groups in total. The van der Waals surface area contributed by atoms with E-state index in [1.54, 1.807) is 12.1 Å². The second-order valence-electron chi connectivity index (χ2n) is 5.29. The van der Waals surface area contributed by atoms with Gasteiger partial charge in [0.2, 0.25) is 0 Å². The first-order valence-electron chi connectivity index (χ1n) is 6.90. The van der Waals surface area contributed by atoms with Crippen LogP contribution < -0.4 is 16.0 Å². The van der Waals surface area contributed by atoms with E-state index < -0.39 is 5.60 Å². The van der Waals surface area contributed by atoms with Crippen molar-refractivity contribution < 1.29 is 9.90 Å². The van der Waals surface area contributed by atoms with Crippen LogP contribution in [0.3, 0.4) is 0 Å². The number of nitrogens with one attached hydrogen (secondary N) is 1. The summed E-state index contributed by atoms with van der Waals surface area (Å²) < 4.78 is 0. The van der Waals surface area contributed by atoms with Gasteiger partial charge in [-0.05, 0) is 31.0 Å². The molecule has 0 aromatic heterocycles. The van der Waals surface area contributed by atoms with Crippen LogP contribution in [-0.4, -0.2) is 37.3 Å². The Hall–Kier alpha value is -1.75. The van der Waals surface area contributed by atoms with Gasteiger partial charge in [-0.15, -0.1) is 0 Å². The molecule has 0 aliphatic carbocycles. The van der Waals surface area contributed by atoms with Gasteiger partial charge in [-0.3, -0.25) is 4.79 Å². The summed E-state index contributed by atoms with van der Waals surface area (Å²) >= 11 is 0. The number of nitrogen functional groups attached to an aromatic ring is 1. The van der Waals surface area contributed by atoms with Gasteiger partial charge >= 0.3 is 0 Å². The average molecular weight is 279 g/mol. The summed E-state index contributed by atoms with van der Waals surface area (Å²) in [5.74, 6) is -0.221. The van der Waals surface area contributed by atoms with Crippen LogP contribution in [0.1, 0.15) is 37.0 Å². The SMILES string of the molecule is CCC(O)(CC)CNC(=O)c1cc(N)ccc1N(C)C. The molecule has 1 aromatic carbocycles. The number of benzene rings is 1. The normalized spacial score (nSPS) is 11.2. The molecule has 5 nitrogen and oxygen atoms in total. The van der Waals surface area contributed by atoms with Crippen molar-refractivity contribution in [2.75, 3.05) is 31.3 Å². The summed E-state index contributed by atoms with van der Waals surface area (Å²) in [4.78, 5) is 14.2. The maximum atomic E-state index is 12.3. The molecule has 1 aromatic rings. The monoisotopic (exact) mass is 279 g/mol. The lowest BCUT2D eigenvalue weighted by Gasteiger charge is -2.26. The van der Waals surface area contributed by atoms with E-state index in [2.05, 4.69) is 5.32 Å². The molecule has 0 unspecified atom stereocenters. The second kappa shape index (κ2) is 6.61. The minimum atomic E-state index is -0.853. The minimum absolute atomic E-state index is 0.221. The highest BCUT2D eigenvalue weighted by molar-refractivity contribution is 6.00. The van der Waals surface area contributed by atoms with Gasteiger partial charge in [0.25, 0.3) is 5.91 Å². The molecular weight excluding hydrogens is 254 g/mol. The Morgan fingerprint density at radius 1 is 1.35 bits per heavy atom. The Kier molecular flexibility index (Phi) is 5.39. The summed E-state index contributed by atoms with van der Waals surface area (Å²) in [7, 11) is 3.74. The van der Waals surface area contributed by atoms with Crippen LogP contribution in [0.25, 0.3) is 0 Å². The highest BCUT2D eigenvalue weighted by Gasteiger charge is 2.23. The third-order valence-electron chi connectivity index (χ3n) is 3.64. The molecule has 0 radical (unpaired) electrons. The first kappa shape index (κ1) is 16.3. The molecule has 0 bridgehead atoms. The van der Waals surface area contributed by atoms with Gasteiger partial charge in [0.05, 0.1) is 11.2 Å². The number of aliphatic hydroxyl groups is 1. The van der Waals surface area contributed by atoms with E-state index in [4.69, 9.17) is 5.73 Å². The predicted molar refractivity (Wildman–Crippen MR) is 83.0 cm³/mol. The fourth-order valence-corrected chi connectivity index (χ4v) is 1.97. The van der Waals surface area contributed by atoms with E-state index in [0.29, 0.717) is 24.1 Å². The lowest BCUT2D eigenvalue weighted by Crippen LogP contribution is -2.42. The van der Waals surface area contributed by atoms with Crippen LogP contribution in [0.5, 0.6) is 0 Å². The van der Waals surface area contributed by atoms with Crippen molar-refractivity contribution in [3.63, 3.8) is 0 Å². The molecule has 0 saturated heterocycles. The summed E-state index contributed by atoms with van der Waals surface area (Å²) in [5, 5.41) is 13.0. The molecule has 1 rings (SSSR count). The largest absolute Gasteiger partial charge is 0.399 e. The van der Waals surface area contributed by atoms with Crippen molar-refractivity contribution in [3.8, 4) is 0 Å². The Bertz CT molecular complexity index is 468. The van der Waals surface area contributed by atoms with Crippen LogP contribution in [-0.2, 0) is 0 Å². The minimum Gasteiger partial charge on any atom is -0.399 e. The third-order valence-corrected chi connectivity index (χ3v) is 3.64. The van der Waals surface area contributed by atoms with Crippen molar-refractivity contribution in [1.82, 2.24) is 5.32 Å². The molecule has 0 heterocycles. The Balaban J connectivity index is 2.90. The molecule has 0 aliphatic heterocycles. The highest BCUT2D eigenvalue weighted by atomic mass is 16.3. The van der Waals surface area contributed by atoms with Gasteiger partial charge in [0.1, 0.15) is 0 Å². The zero-order valence-corrected chi connectivity index (χ0v) is 12.7. The fourth-order valence-electron chi connectivity index (χ4n) is 1.97. The summed E-state index contributed by atoms with van der Waals surface area (Å²) in [6.45, 7) is 4.04. The number of hydrogen-bond donors (Lipinski definition) is 3. The molecule has 0 atom stereocenters. The molecule has 0 aliphatic rings. The lowest BCUT2D eigenvalue weighted by atomic mass is 9.97. The van der Waals surface area contributed by atoms with E-state index in [0.717, 1.165) is 5.69 Å². The number of carbonyl (C=O) groups is 1. The van der Waals surface area contributed by atoms with Gasteiger partial charge in [-0.25, -0.2) is 0 Å². The second-order valence-corrected chi connectivity index (χ2v) is 5.29. The summed E-state index contributed by atoms with van der Waals surface area (Å²) in [6, 6.07) is 5.23. The molecule has 0 spiro atoms. The zero-order valence-electron chi connectivity index (χ0n) is 12.7. The number of anilines is 2. The molecular formula is C15H25N3O2. The maximum absolute atomic E-state index is 12.3. The van der Waals surface area contributed by atoms with E-state index >= 15 is 0 Å². The van der Waals surface area contributed by atoms with Gasteiger partial charge in [-0.1, -0.05) is 13.8 Å². The number of amides is 1. The Labute approximate surface area is 120 Å². The van der Waals surface area contributed by atoms with Crippen LogP contribution >= 0.6 is 0 Å². The van der Waals surface area contributed by atoms with Crippen molar-refractivity contribution in [2.45, 2.75) is 32.3 Å². The molecule has 1 amide bonds. The van der Waals surface area contributed by atoms with Crippen LogP contribution in [0.2, 0.25) is 0 Å². The molecule has 112 valence electrons. The van der Waals surface area contributed by atoms with Gasteiger partial charge in [0.15, 0.2) is 0 Å². The third kappa shape index (κ3) is 3.87. The topological polar surface area (TPSA) is 78.6 Å². The molecule has 5 heteroatoms. The molecule has 0 fully saturated rings. The van der Waals surface area contributed by atoms with Crippen molar-refractivity contribution >= 4 is 17.3 Å². The zero-order chi connectivity index (χ0) is 15.3. The van der Waals surface area contributed by atoms with Crippen LogP contribution in [0.15, 0.2) is 18.2 Å². The smallest absolute Gasteiger partial charge is 0.253 e. The lowest BCUT2D eigenvalue weighted by molar-refractivity contribution is 0.0314. The van der Waals surface area contributed by atoms with Crippen molar-refractivity contribution in [2.24, 2.45) is 0 Å². The average Bonchev–Trinajstić information content (AvgIpc) is 2.43. The number of nitrogens with two attached hydrogens (primary N) is 1. The van der Waals surface area contributed by atoms with Gasteiger partial charge in [-0.2, -0.15) is 0 Å². The Morgan fingerprint density at radius 3 is 2.45 bits per heavy atom. The quantitative estimate of drug-likeness (QED) is 0.691. The first-order valence-corrected chi connectivity index (χ1v) is 6.90. The van der Waals surface area contributed by atoms with E-state index in [9.17, 15) is 9.90 Å². The summed E-state index contributed by atoms with van der Waals surface area (Å²) in [6.07, 6.45) is 1.20. The molecule has 20 heavy (non-hydrogen) atoms. The Morgan fingerprint density at radius 2 is 1.95 bits per heavy atom. The number of carbonyl (C=O) groups excluding carboxylic acids is 1. The van der Waals surface area contributed by atoms with Gasteiger partial charge < -0.3 is 21.1 Å². The maximum Gasteiger partial charge on any atom is 0.253 e. The van der Waals surface area contributed by atoms with E-state index in [-0.39, 0.29) is 12.5 Å². The van der Waals surface area contributed by atoms with E-state index in [1.807, 2.05) is 38.9 Å². The number of hydrogen-bond acceptors (Lipinski definition) is 4.